The third-order valence-electron chi connectivity index (χ3n) is 2.70. The number of thiophene rings is 1. The fraction of sp³-hybridized carbons (Fsp3) is 0.500. The van der Waals surface area contributed by atoms with Gasteiger partial charge in [0.05, 0.1) is 10.4 Å². The van der Waals surface area contributed by atoms with Gasteiger partial charge in [0.1, 0.15) is 4.21 Å². The van der Waals surface area contributed by atoms with E-state index in [0.717, 1.165) is 11.3 Å². The Bertz CT molecular complexity index is 570. The van der Waals surface area contributed by atoms with Gasteiger partial charge in [-0.3, -0.25) is 0 Å². The number of carbonyl (C=O) groups is 1. The Labute approximate surface area is 119 Å². The van der Waals surface area contributed by atoms with Crippen LogP contribution in [0.15, 0.2) is 16.3 Å². The standard InChI is InChI=1S/C10H12ClNO5S2/c11-8-3-4-9(18-8)19(15,16)12-5-6-1-2-7(17-6)10(13)14/h3-4,6-7,12H,1-2,5H2,(H,13,14). The highest BCUT2D eigenvalue weighted by Gasteiger charge is 2.31. The molecule has 106 valence electrons. The SMILES string of the molecule is O=C(O)C1CCC(CNS(=O)(=O)c2ccc(Cl)s2)O1. The predicted molar refractivity (Wildman–Crippen MR) is 70.0 cm³/mol. The minimum Gasteiger partial charge on any atom is -0.479 e. The minimum absolute atomic E-state index is 0.0572. The Hall–Kier alpha value is -0.670. The molecule has 1 aliphatic heterocycles. The van der Waals surface area contributed by atoms with Crippen LogP contribution in [-0.4, -0.2) is 38.2 Å². The second-order valence-electron chi connectivity index (χ2n) is 4.07. The monoisotopic (exact) mass is 325 g/mol. The summed E-state index contributed by atoms with van der Waals surface area (Å²) in [5.41, 5.74) is 0. The largest absolute Gasteiger partial charge is 0.479 e. The van der Waals surface area contributed by atoms with Crippen molar-refractivity contribution in [2.45, 2.75) is 29.3 Å². The van der Waals surface area contributed by atoms with Gasteiger partial charge in [0.15, 0.2) is 6.10 Å². The van der Waals surface area contributed by atoms with Crippen LogP contribution in [0.2, 0.25) is 4.34 Å². The maximum absolute atomic E-state index is 11.9. The summed E-state index contributed by atoms with van der Waals surface area (Å²) in [5, 5.41) is 8.76. The molecule has 0 spiro atoms. The van der Waals surface area contributed by atoms with Crippen molar-refractivity contribution in [1.82, 2.24) is 4.72 Å². The lowest BCUT2D eigenvalue weighted by Crippen LogP contribution is -2.32. The number of sulfonamides is 1. The van der Waals surface area contributed by atoms with Crippen LogP contribution in [0.5, 0.6) is 0 Å². The molecule has 2 rings (SSSR count). The average Bonchev–Trinajstić information content (AvgIpc) is 2.95. The zero-order valence-corrected chi connectivity index (χ0v) is 12.1. The van der Waals surface area contributed by atoms with Gasteiger partial charge in [0, 0.05) is 6.54 Å². The molecule has 6 nitrogen and oxygen atoms in total. The molecule has 0 radical (unpaired) electrons. The molecular formula is C10H12ClNO5S2. The molecule has 1 aliphatic rings. The Morgan fingerprint density at radius 3 is 2.79 bits per heavy atom. The number of ether oxygens (including phenoxy) is 1. The van der Waals surface area contributed by atoms with Gasteiger partial charge in [0.2, 0.25) is 10.0 Å². The van der Waals surface area contributed by atoms with E-state index in [1.54, 1.807) is 0 Å². The normalized spacial score (nSPS) is 23.6. The summed E-state index contributed by atoms with van der Waals surface area (Å²) in [6, 6.07) is 2.93. The van der Waals surface area contributed by atoms with E-state index in [1.807, 2.05) is 0 Å². The molecule has 2 atom stereocenters. The average molecular weight is 326 g/mol. The van der Waals surface area contributed by atoms with Crippen LogP contribution in [0.25, 0.3) is 0 Å². The highest BCUT2D eigenvalue weighted by Crippen LogP contribution is 2.26. The Kier molecular flexibility index (Phi) is 4.46. The van der Waals surface area contributed by atoms with E-state index in [-0.39, 0.29) is 10.8 Å². The molecule has 1 saturated heterocycles. The smallest absolute Gasteiger partial charge is 0.332 e. The van der Waals surface area contributed by atoms with Crippen molar-refractivity contribution >= 4 is 38.9 Å². The summed E-state index contributed by atoms with van der Waals surface area (Å²) in [6.07, 6.45) is -0.339. The molecule has 2 N–H and O–H groups in total. The van der Waals surface area contributed by atoms with Crippen LogP contribution in [0.3, 0.4) is 0 Å². The summed E-state index contributed by atoms with van der Waals surface area (Å²) in [4.78, 5) is 10.7. The summed E-state index contributed by atoms with van der Waals surface area (Å²) < 4.78 is 31.9. The maximum atomic E-state index is 11.9. The van der Waals surface area contributed by atoms with Crippen molar-refractivity contribution in [3.05, 3.63) is 16.5 Å². The van der Waals surface area contributed by atoms with Crippen LogP contribution in [0.1, 0.15) is 12.8 Å². The highest BCUT2D eigenvalue weighted by atomic mass is 35.5. The van der Waals surface area contributed by atoms with Gasteiger partial charge >= 0.3 is 5.97 Å². The van der Waals surface area contributed by atoms with Gasteiger partial charge in [-0.25, -0.2) is 17.9 Å². The number of hydrogen-bond donors (Lipinski definition) is 2. The minimum atomic E-state index is -3.61. The number of nitrogens with one attached hydrogen (secondary N) is 1. The summed E-state index contributed by atoms with van der Waals surface area (Å²) in [7, 11) is -3.61. The quantitative estimate of drug-likeness (QED) is 0.851. The zero-order valence-electron chi connectivity index (χ0n) is 9.71. The van der Waals surface area contributed by atoms with E-state index < -0.39 is 28.2 Å². The molecule has 9 heteroatoms. The first-order chi connectivity index (χ1) is 8.88. The Balaban J connectivity index is 1.91. The van der Waals surface area contributed by atoms with Crippen molar-refractivity contribution in [2.75, 3.05) is 6.54 Å². The third kappa shape index (κ3) is 3.67. The van der Waals surface area contributed by atoms with Crippen LogP contribution in [0.4, 0.5) is 0 Å². The molecule has 1 fully saturated rings. The van der Waals surface area contributed by atoms with Crippen molar-refractivity contribution in [3.63, 3.8) is 0 Å². The van der Waals surface area contributed by atoms with E-state index >= 15 is 0 Å². The van der Waals surface area contributed by atoms with E-state index in [2.05, 4.69) is 4.72 Å². The first kappa shape index (κ1) is 14.7. The summed E-state index contributed by atoms with van der Waals surface area (Å²) in [5.74, 6) is -1.02. The van der Waals surface area contributed by atoms with Crippen LogP contribution < -0.4 is 4.72 Å². The molecule has 0 aromatic carbocycles. The lowest BCUT2D eigenvalue weighted by Gasteiger charge is -2.11. The number of hydrogen-bond acceptors (Lipinski definition) is 5. The molecule has 0 amide bonds. The van der Waals surface area contributed by atoms with Crippen LogP contribution >= 0.6 is 22.9 Å². The van der Waals surface area contributed by atoms with Gasteiger partial charge in [-0.2, -0.15) is 0 Å². The molecule has 19 heavy (non-hydrogen) atoms. The third-order valence-corrected chi connectivity index (χ3v) is 5.84. The van der Waals surface area contributed by atoms with Gasteiger partial charge in [0.25, 0.3) is 0 Å². The van der Waals surface area contributed by atoms with Gasteiger partial charge < -0.3 is 9.84 Å². The highest BCUT2D eigenvalue weighted by molar-refractivity contribution is 7.91. The topological polar surface area (TPSA) is 92.7 Å². The fourth-order valence-electron chi connectivity index (χ4n) is 1.75. The lowest BCUT2D eigenvalue weighted by atomic mass is 10.2. The van der Waals surface area contributed by atoms with E-state index in [9.17, 15) is 13.2 Å². The molecular weight excluding hydrogens is 314 g/mol. The second kappa shape index (κ2) is 5.76. The molecule has 1 aromatic heterocycles. The van der Waals surface area contributed by atoms with Crippen molar-refractivity contribution in [3.8, 4) is 0 Å². The first-order valence-corrected chi connectivity index (χ1v) is 8.19. The van der Waals surface area contributed by atoms with E-state index in [0.29, 0.717) is 17.2 Å². The van der Waals surface area contributed by atoms with Gasteiger partial charge in [-0.05, 0) is 25.0 Å². The van der Waals surface area contributed by atoms with Crippen molar-refractivity contribution < 1.29 is 23.1 Å². The number of halogens is 1. The number of carboxylic acid groups (broad SMARTS) is 1. The van der Waals surface area contributed by atoms with Gasteiger partial charge in [-0.15, -0.1) is 11.3 Å². The molecule has 0 aliphatic carbocycles. The van der Waals surface area contributed by atoms with Crippen molar-refractivity contribution in [1.29, 1.82) is 0 Å². The summed E-state index contributed by atoms with van der Waals surface area (Å²) >= 11 is 6.65. The molecule has 0 saturated carbocycles. The van der Waals surface area contributed by atoms with Crippen LogP contribution in [-0.2, 0) is 19.6 Å². The number of carboxylic acids is 1. The maximum Gasteiger partial charge on any atom is 0.332 e. The predicted octanol–water partition coefficient (Wildman–Crippen LogP) is 1.31. The molecule has 0 bridgehead atoms. The Morgan fingerprint density at radius 1 is 1.53 bits per heavy atom. The summed E-state index contributed by atoms with van der Waals surface area (Å²) in [6.45, 7) is 0.0572. The fourth-order valence-corrected chi connectivity index (χ4v) is 4.35. The number of rotatable bonds is 5. The number of aliphatic carboxylic acids is 1. The first-order valence-electron chi connectivity index (χ1n) is 5.52. The van der Waals surface area contributed by atoms with Gasteiger partial charge in [-0.1, -0.05) is 11.6 Å². The molecule has 2 heterocycles. The molecule has 1 aromatic rings. The van der Waals surface area contributed by atoms with E-state index in [1.165, 1.54) is 12.1 Å². The van der Waals surface area contributed by atoms with Crippen LogP contribution in [0, 0.1) is 0 Å². The Morgan fingerprint density at radius 2 is 2.26 bits per heavy atom. The van der Waals surface area contributed by atoms with E-state index in [4.69, 9.17) is 21.4 Å². The van der Waals surface area contributed by atoms with Crippen molar-refractivity contribution in [2.24, 2.45) is 0 Å². The zero-order chi connectivity index (χ0) is 14.0. The second-order valence-corrected chi connectivity index (χ2v) is 7.78. The molecule has 2 unspecified atom stereocenters. The lowest BCUT2D eigenvalue weighted by molar-refractivity contribution is -0.149.